The van der Waals surface area contributed by atoms with Gasteiger partial charge in [-0.25, -0.2) is 4.58 Å². The average molecular weight is 205 g/mol. The molecular weight excluding hydrogens is 188 g/mol. The van der Waals surface area contributed by atoms with Gasteiger partial charge in [0.25, 0.3) is 0 Å². The lowest BCUT2D eigenvalue weighted by Crippen LogP contribution is -2.08. The van der Waals surface area contributed by atoms with Crippen LogP contribution in [0.3, 0.4) is 0 Å². The first-order valence-corrected chi connectivity index (χ1v) is 4.72. The standard InChI is InChI=1S/C12H17N2O/c1-13(2)9-10-14(3)11-5-7-12(15-4)8-6-11/h5-10H,1H2,2-4H3/q+1. The highest BCUT2D eigenvalue weighted by atomic mass is 16.5. The van der Waals surface area contributed by atoms with Gasteiger partial charge in [0, 0.05) is 12.7 Å². The van der Waals surface area contributed by atoms with Crippen LogP contribution in [0.5, 0.6) is 5.75 Å². The number of benzene rings is 1. The van der Waals surface area contributed by atoms with Gasteiger partial charge in [0.2, 0.25) is 0 Å². The molecule has 0 atom stereocenters. The van der Waals surface area contributed by atoms with Gasteiger partial charge in [0.05, 0.1) is 13.3 Å². The van der Waals surface area contributed by atoms with E-state index in [9.17, 15) is 0 Å². The van der Waals surface area contributed by atoms with Gasteiger partial charge in [0.1, 0.15) is 19.5 Å². The molecule has 0 N–H and O–H groups in total. The van der Waals surface area contributed by atoms with Gasteiger partial charge in [-0.15, -0.1) is 0 Å². The van der Waals surface area contributed by atoms with Crippen molar-refractivity contribution in [2.24, 2.45) is 0 Å². The van der Waals surface area contributed by atoms with Crippen LogP contribution in [-0.4, -0.2) is 32.5 Å². The Morgan fingerprint density at radius 2 is 1.93 bits per heavy atom. The topological polar surface area (TPSA) is 15.5 Å². The van der Waals surface area contributed by atoms with Crippen molar-refractivity contribution in [3.63, 3.8) is 0 Å². The van der Waals surface area contributed by atoms with Crippen LogP contribution in [-0.2, 0) is 0 Å². The maximum Gasteiger partial charge on any atom is 0.184 e. The first-order chi connectivity index (χ1) is 7.13. The zero-order valence-corrected chi connectivity index (χ0v) is 9.47. The van der Waals surface area contributed by atoms with Gasteiger partial charge in [-0.2, -0.15) is 0 Å². The fourth-order valence-corrected chi connectivity index (χ4v) is 1.12. The third kappa shape index (κ3) is 3.46. The summed E-state index contributed by atoms with van der Waals surface area (Å²) in [5.74, 6) is 0.866. The minimum absolute atomic E-state index is 0.866. The van der Waals surface area contributed by atoms with E-state index in [-0.39, 0.29) is 0 Å². The summed E-state index contributed by atoms with van der Waals surface area (Å²) in [5, 5.41) is 0. The van der Waals surface area contributed by atoms with Crippen LogP contribution < -0.4 is 9.64 Å². The zero-order chi connectivity index (χ0) is 11.3. The molecule has 0 aliphatic heterocycles. The molecule has 0 amide bonds. The van der Waals surface area contributed by atoms with E-state index in [2.05, 4.69) is 6.72 Å². The highest BCUT2D eigenvalue weighted by Gasteiger charge is 1.97. The van der Waals surface area contributed by atoms with E-state index in [1.54, 1.807) is 11.7 Å². The Morgan fingerprint density at radius 1 is 1.33 bits per heavy atom. The number of methoxy groups -OCH3 is 1. The average Bonchev–Trinajstić information content (AvgIpc) is 2.26. The molecule has 1 rings (SSSR count). The Hall–Kier alpha value is -1.77. The summed E-state index contributed by atoms with van der Waals surface area (Å²) in [7, 11) is 5.54. The Kier molecular flexibility index (Phi) is 3.92. The zero-order valence-electron chi connectivity index (χ0n) is 9.47. The molecule has 15 heavy (non-hydrogen) atoms. The molecule has 3 nitrogen and oxygen atoms in total. The van der Waals surface area contributed by atoms with Gasteiger partial charge in [-0.05, 0) is 24.3 Å². The Balaban J connectivity index is 2.74. The van der Waals surface area contributed by atoms with Crippen molar-refractivity contribution in [3.8, 4) is 5.75 Å². The van der Waals surface area contributed by atoms with Crippen molar-refractivity contribution in [2.75, 3.05) is 26.1 Å². The smallest absolute Gasteiger partial charge is 0.184 e. The fraction of sp³-hybridized carbons (Fsp3) is 0.250. The van der Waals surface area contributed by atoms with Gasteiger partial charge < -0.3 is 9.64 Å². The fourth-order valence-electron chi connectivity index (χ4n) is 1.12. The molecule has 0 fully saturated rings. The van der Waals surface area contributed by atoms with Crippen molar-refractivity contribution in [3.05, 3.63) is 36.7 Å². The number of hydrogen-bond donors (Lipinski definition) is 0. The summed E-state index contributed by atoms with van der Waals surface area (Å²) >= 11 is 0. The third-order valence-corrected chi connectivity index (χ3v) is 2.02. The number of hydrogen-bond acceptors (Lipinski definition) is 2. The molecule has 0 radical (unpaired) electrons. The molecule has 0 heterocycles. The highest BCUT2D eigenvalue weighted by Crippen LogP contribution is 2.17. The second-order valence-electron chi connectivity index (χ2n) is 3.36. The van der Waals surface area contributed by atoms with Crippen molar-refractivity contribution in [1.82, 2.24) is 0 Å². The van der Waals surface area contributed by atoms with E-state index in [4.69, 9.17) is 4.74 Å². The largest absolute Gasteiger partial charge is 0.497 e. The Labute approximate surface area is 90.9 Å². The summed E-state index contributed by atoms with van der Waals surface area (Å²) < 4.78 is 6.84. The van der Waals surface area contributed by atoms with Crippen molar-refractivity contribution < 1.29 is 9.31 Å². The molecule has 3 heteroatoms. The van der Waals surface area contributed by atoms with E-state index in [0.29, 0.717) is 0 Å². The van der Waals surface area contributed by atoms with E-state index >= 15 is 0 Å². The maximum atomic E-state index is 5.09. The number of anilines is 1. The summed E-state index contributed by atoms with van der Waals surface area (Å²) in [6.45, 7) is 3.73. The van der Waals surface area contributed by atoms with Crippen LogP contribution >= 0.6 is 0 Å². The van der Waals surface area contributed by atoms with Gasteiger partial charge in [-0.3, -0.25) is 0 Å². The highest BCUT2D eigenvalue weighted by molar-refractivity contribution is 5.50. The lowest BCUT2D eigenvalue weighted by molar-refractivity contribution is -0.412. The molecule has 0 saturated heterocycles. The number of nitrogens with zero attached hydrogens (tertiary/aromatic N) is 2. The molecule has 1 aromatic rings. The monoisotopic (exact) mass is 205 g/mol. The lowest BCUT2D eigenvalue weighted by atomic mass is 10.3. The van der Waals surface area contributed by atoms with E-state index in [0.717, 1.165) is 11.4 Å². The maximum absolute atomic E-state index is 5.09. The molecular formula is C12H17N2O+. The minimum atomic E-state index is 0.866. The van der Waals surface area contributed by atoms with Gasteiger partial charge in [0.15, 0.2) is 6.20 Å². The summed E-state index contributed by atoms with van der Waals surface area (Å²) in [4.78, 5) is 2.02. The Bertz CT molecular complexity index is 354. The molecule has 80 valence electrons. The van der Waals surface area contributed by atoms with Crippen LogP contribution in [0, 0.1) is 0 Å². The molecule has 0 aromatic heterocycles. The molecule has 0 saturated carbocycles. The lowest BCUT2D eigenvalue weighted by Gasteiger charge is -2.13. The molecule has 1 aromatic carbocycles. The van der Waals surface area contributed by atoms with Crippen molar-refractivity contribution >= 4 is 12.4 Å². The number of rotatable bonds is 4. The molecule has 0 bridgehead atoms. The first-order valence-electron chi connectivity index (χ1n) is 4.72. The summed E-state index contributed by atoms with van der Waals surface area (Å²) in [6, 6.07) is 7.89. The van der Waals surface area contributed by atoms with Crippen molar-refractivity contribution in [2.45, 2.75) is 0 Å². The second-order valence-corrected chi connectivity index (χ2v) is 3.36. The second kappa shape index (κ2) is 5.20. The summed E-state index contributed by atoms with van der Waals surface area (Å²) in [6.07, 6.45) is 3.85. The van der Waals surface area contributed by atoms with Crippen LogP contribution in [0.25, 0.3) is 0 Å². The third-order valence-electron chi connectivity index (χ3n) is 2.02. The Morgan fingerprint density at radius 3 is 2.40 bits per heavy atom. The quantitative estimate of drug-likeness (QED) is 0.551. The van der Waals surface area contributed by atoms with E-state index in [1.165, 1.54) is 0 Å². The predicted octanol–water partition coefficient (Wildman–Crippen LogP) is 1.95. The normalized spacial score (nSPS) is 10.3. The van der Waals surface area contributed by atoms with Gasteiger partial charge >= 0.3 is 0 Å². The van der Waals surface area contributed by atoms with Crippen LogP contribution in [0.4, 0.5) is 5.69 Å². The van der Waals surface area contributed by atoms with E-state index in [1.807, 2.05) is 55.7 Å². The van der Waals surface area contributed by atoms with Gasteiger partial charge in [-0.1, -0.05) is 0 Å². The van der Waals surface area contributed by atoms with E-state index < -0.39 is 0 Å². The summed E-state index contributed by atoms with van der Waals surface area (Å²) in [5.41, 5.74) is 1.11. The molecule has 0 unspecified atom stereocenters. The minimum Gasteiger partial charge on any atom is -0.497 e. The number of ether oxygens (including phenoxy) is 1. The molecule has 0 aliphatic carbocycles. The first kappa shape index (κ1) is 11.3. The van der Waals surface area contributed by atoms with Crippen LogP contribution in [0.2, 0.25) is 0 Å². The predicted molar refractivity (Wildman–Crippen MR) is 63.8 cm³/mol. The molecule has 0 spiro atoms. The van der Waals surface area contributed by atoms with Crippen LogP contribution in [0.15, 0.2) is 36.7 Å². The molecule has 0 aliphatic rings. The van der Waals surface area contributed by atoms with Crippen molar-refractivity contribution in [1.29, 1.82) is 0 Å². The SMILES string of the molecule is C=[N+](C)C=CN(C)c1ccc(OC)cc1. The van der Waals surface area contributed by atoms with Crippen LogP contribution in [0.1, 0.15) is 0 Å².